The molecule has 0 atom stereocenters. The summed E-state index contributed by atoms with van der Waals surface area (Å²) in [6.07, 6.45) is 3.06. The van der Waals surface area contributed by atoms with Gasteiger partial charge in [0, 0.05) is 24.1 Å². The number of carbonyl (C=O) groups is 1. The summed E-state index contributed by atoms with van der Waals surface area (Å²) in [7, 11) is -3.40. The van der Waals surface area contributed by atoms with Crippen LogP contribution in [-0.4, -0.2) is 37.8 Å². The number of hydrogen-bond donors (Lipinski definition) is 1. The molecule has 1 fully saturated rings. The third-order valence-electron chi connectivity index (χ3n) is 3.34. The molecule has 0 aromatic rings. The van der Waals surface area contributed by atoms with Crippen LogP contribution >= 0.6 is 11.6 Å². The van der Waals surface area contributed by atoms with Crippen LogP contribution in [0.4, 0.5) is 0 Å². The van der Waals surface area contributed by atoms with Crippen LogP contribution in [0.3, 0.4) is 0 Å². The molecule has 1 saturated carbocycles. The average Bonchev–Trinajstić information content (AvgIpc) is 2.93. The molecule has 94 valence electrons. The summed E-state index contributed by atoms with van der Waals surface area (Å²) in [4.78, 5) is 11.8. The molecule has 16 heavy (non-hydrogen) atoms. The first kappa shape index (κ1) is 13.8. The minimum absolute atomic E-state index is 0.00476. The first-order valence-corrected chi connectivity index (χ1v) is 7.61. The Hall–Kier alpha value is -0.290. The van der Waals surface area contributed by atoms with Crippen molar-refractivity contribution < 1.29 is 13.2 Å². The summed E-state index contributed by atoms with van der Waals surface area (Å²) in [6, 6.07) is 0. The lowest BCUT2D eigenvalue weighted by Crippen LogP contribution is -2.49. The fourth-order valence-corrected chi connectivity index (χ4v) is 1.95. The first-order valence-electron chi connectivity index (χ1n) is 5.18. The highest BCUT2D eigenvalue weighted by molar-refractivity contribution is 7.92. The average molecular weight is 268 g/mol. The molecular weight excluding hydrogens is 250 g/mol. The first-order chi connectivity index (χ1) is 7.15. The Bertz CT molecular complexity index is 385. The second kappa shape index (κ2) is 4.18. The molecule has 4 nitrogen and oxygen atoms in total. The van der Waals surface area contributed by atoms with Crippen LogP contribution in [0, 0.1) is 5.41 Å². The lowest BCUT2D eigenvalue weighted by Gasteiger charge is -2.23. The minimum Gasteiger partial charge on any atom is -0.354 e. The van der Waals surface area contributed by atoms with Gasteiger partial charge in [-0.3, -0.25) is 4.79 Å². The summed E-state index contributed by atoms with van der Waals surface area (Å²) in [5, 5.41) is 2.68. The van der Waals surface area contributed by atoms with Crippen LogP contribution in [0.2, 0.25) is 0 Å². The highest BCUT2D eigenvalue weighted by Crippen LogP contribution is 2.45. The molecule has 0 radical (unpaired) electrons. The minimum atomic E-state index is -3.40. The molecule has 0 aromatic carbocycles. The van der Waals surface area contributed by atoms with Crippen molar-refractivity contribution >= 4 is 27.3 Å². The van der Waals surface area contributed by atoms with Gasteiger partial charge in [0.25, 0.3) is 0 Å². The van der Waals surface area contributed by atoms with Gasteiger partial charge in [0.1, 0.15) is 4.75 Å². The van der Waals surface area contributed by atoms with E-state index in [0.29, 0.717) is 12.4 Å². The maximum atomic E-state index is 11.8. The fourth-order valence-electron chi connectivity index (χ4n) is 1.18. The molecular formula is C10H18ClNO3S. The summed E-state index contributed by atoms with van der Waals surface area (Å²) < 4.78 is 21.5. The third kappa shape index (κ3) is 2.69. The van der Waals surface area contributed by atoms with Crippen LogP contribution in [0.5, 0.6) is 0 Å². The molecule has 1 aliphatic rings. The molecule has 1 N–H and O–H groups in total. The SMILES string of the molecule is CC(C)(C(=O)NCC1(CCl)CC1)S(C)(=O)=O. The number of rotatable bonds is 5. The second-order valence-electron chi connectivity index (χ2n) is 5.10. The van der Waals surface area contributed by atoms with Gasteiger partial charge in [-0.25, -0.2) is 8.42 Å². The van der Waals surface area contributed by atoms with Crippen LogP contribution in [0.25, 0.3) is 0 Å². The Labute approximate surface area is 102 Å². The summed E-state index contributed by atoms with van der Waals surface area (Å²) in [6.45, 7) is 3.30. The van der Waals surface area contributed by atoms with Crippen molar-refractivity contribution in [2.45, 2.75) is 31.4 Å². The topological polar surface area (TPSA) is 63.2 Å². The van der Waals surface area contributed by atoms with Gasteiger partial charge >= 0.3 is 0 Å². The van der Waals surface area contributed by atoms with E-state index in [0.717, 1.165) is 19.1 Å². The number of halogens is 1. The molecule has 1 amide bonds. The van der Waals surface area contributed by atoms with Crippen molar-refractivity contribution in [1.29, 1.82) is 0 Å². The predicted molar refractivity (Wildman–Crippen MR) is 64.3 cm³/mol. The second-order valence-corrected chi connectivity index (χ2v) is 7.93. The van der Waals surface area contributed by atoms with Crippen molar-refractivity contribution in [2.75, 3.05) is 18.7 Å². The predicted octanol–water partition coefficient (Wildman–Crippen LogP) is 0.945. The van der Waals surface area contributed by atoms with Crippen molar-refractivity contribution in [3.63, 3.8) is 0 Å². The van der Waals surface area contributed by atoms with Crippen LogP contribution < -0.4 is 5.32 Å². The van der Waals surface area contributed by atoms with E-state index in [4.69, 9.17) is 11.6 Å². The standard InChI is InChI=1S/C10H18ClNO3S/c1-9(2,16(3,14)15)8(13)12-7-10(6-11)4-5-10/h4-7H2,1-3H3,(H,12,13). The van der Waals surface area contributed by atoms with E-state index in [1.54, 1.807) is 0 Å². The smallest absolute Gasteiger partial charge is 0.240 e. The normalized spacial score (nSPS) is 19.2. The summed E-state index contributed by atoms with van der Waals surface area (Å²) >= 11 is 5.77. The molecule has 0 spiro atoms. The van der Waals surface area contributed by atoms with Crippen molar-refractivity contribution in [3.05, 3.63) is 0 Å². The van der Waals surface area contributed by atoms with Gasteiger partial charge in [0.2, 0.25) is 5.91 Å². The Balaban J connectivity index is 2.59. The van der Waals surface area contributed by atoms with Gasteiger partial charge in [-0.05, 0) is 26.7 Å². The zero-order valence-electron chi connectivity index (χ0n) is 9.84. The number of hydrogen-bond acceptors (Lipinski definition) is 3. The van der Waals surface area contributed by atoms with Gasteiger partial charge < -0.3 is 5.32 Å². The maximum absolute atomic E-state index is 11.8. The number of nitrogens with one attached hydrogen (secondary N) is 1. The largest absolute Gasteiger partial charge is 0.354 e. The van der Waals surface area contributed by atoms with E-state index in [2.05, 4.69) is 5.32 Å². The van der Waals surface area contributed by atoms with Gasteiger partial charge in [-0.15, -0.1) is 11.6 Å². The molecule has 0 aromatic heterocycles. The highest BCUT2D eigenvalue weighted by Gasteiger charge is 2.44. The van der Waals surface area contributed by atoms with Gasteiger partial charge in [0.15, 0.2) is 9.84 Å². The van der Waals surface area contributed by atoms with Crippen LogP contribution in [0.15, 0.2) is 0 Å². The Morgan fingerprint density at radius 3 is 2.25 bits per heavy atom. The zero-order chi connectivity index (χ0) is 12.6. The quantitative estimate of drug-likeness (QED) is 0.755. The Morgan fingerprint density at radius 2 is 1.94 bits per heavy atom. The van der Waals surface area contributed by atoms with E-state index in [-0.39, 0.29) is 5.41 Å². The van der Waals surface area contributed by atoms with Crippen molar-refractivity contribution in [2.24, 2.45) is 5.41 Å². The maximum Gasteiger partial charge on any atom is 0.240 e. The molecule has 1 rings (SSSR count). The van der Waals surface area contributed by atoms with E-state index >= 15 is 0 Å². The molecule has 0 unspecified atom stereocenters. The third-order valence-corrected chi connectivity index (χ3v) is 5.94. The van der Waals surface area contributed by atoms with Crippen molar-refractivity contribution in [1.82, 2.24) is 5.32 Å². The zero-order valence-corrected chi connectivity index (χ0v) is 11.4. The highest BCUT2D eigenvalue weighted by atomic mass is 35.5. The summed E-state index contributed by atoms with van der Waals surface area (Å²) in [5.74, 6) is 0.0541. The van der Waals surface area contributed by atoms with Crippen LogP contribution in [0.1, 0.15) is 26.7 Å². The molecule has 0 bridgehead atoms. The van der Waals surface area contributed by atoms with Crippen molar-refractivity contribution in [3.8, 4) is 0 Å². The Morgan fingerprint density at radius 1 is 1.44 bits per heavy atom. The number of amides is 1. The number of sulfone groups is 1. The van der Waals surface area contributed by atoms with E-state index in [9.17, 15) is 13.2 Å². The van der Waals surface area contributed by atoms with E-state index < -0.39 is 20.5 Å². The molecule has 0 saturated heterocycles. The van der Waals surface area contributed by atoms with Crippen LogP contribution in [-0.2, 0) is 14.6 Å². The molecule has 0 heterocycles. The monoisotopic (exact) mass is 267 g/mol. The summed E-state index contributed by atoms with van der Waals surface area (Å²) in [5.41, 5.74) is 0.00476. The van der Waals surface area contributed by atoms with Gasteiger partial charge in [-0.2, -0.15) is 0 Å². The molecule has 1 aliphatic carbocycles. The molecule has 6 heteroatoms. The number of carbonyl (C=O) groups excluding carboxylic acids is 1. The van der Waals surface area contributed by atoms with Gasteiger partial charge in [-0.1, -0.05) is 0 Å². The van der Waals surface area contributed by atoms with Gasteiger partial charge in [0.05, 0.1) is 0 Å². The lowest BCUT2D eigenvalue weighted by atomic mass is 10.1. The Kier molecular flexibility index (Phi) is 3.60. The molecule has 0 aliphatic heterocycles. The number of alkyl halides is 1. The van der Waals surface area contributed by atoms with E-state index in [1.807, 2.05) is 0 Å². The fraction of sp³-hybridized carbons (Fsp3) is 0.900. The van der Waals surface area contributed by atoms with E-state index in [1.165, 1.54) is 13.8 Å². The lowest BCUT2D eigenvalue weighted by molar-refractivity contribution is -0.123.